The summed E-state index contributed by atoms with van der Waals surface area (Å²) in [4.78, 5) is 29.4. The molecule has 2 N–H and O–H groups in total. The van der Waals surface area contributed by atoms with Crippen molar-refractivity contribution in [2.45, 2.75) is 32.0 Å². The monoisotopic (exact) mass is 345 g/mol. The highest BCUT2D eigenvalue weighted by molar-refractivity contribution is 6.06. The number of hydrogen-bond donors (Lipinski definition) is 2. The number of piperidine rings is 1. The zero-order valence-corrected chi connectivity index (χ0v) is 14.0. The minimum atomic E-state index is -0.955. The van der Waals surface area contributed by atoms with Crippen molar-refractivity contribution in [3.8, 4) is 0 Å². The number of nitrogens with one attached hydrogen (secondary N) is 2. The van der Waals surface area contributed by atoms with Gasteiger partial charge in [0.15, 0.2) is 0 Å². The second kappa shape index (κ2) is 6.11. The van der Waals surface area contributed by atoms with Gasteiger partial charge in [-0.25, -0.2) is 14.2 Å². The molecular formula is C17H20FN5O2. The number of anilines is 1. The van der Waals surface area contributed by atoms with Crippen molar-refractivity contribution in [2.24, 2.45) is 0 Å². The molecule has 2 aromatic heterocycles. The zero-order chi connectivity index (χ0) is 17.6. The van der Waals surface area contributed by atoms with E-state index in [1.54, 1.807) is 6.20 Å². The average Bonchev–Trinajstić information content (AvgIpc) is 2.92. The van der Waals surface area contributed by atoms with E-state index in [2.05, 4.69) is 15.6 Å². The summed E-state index contributed by atoms with van der Waals surface area (Å²) in [5, 5.41) is 6.27. The van der Waals surface area contributed by atoms with Crippen molar-refractivity contribution in [3.05, 3.63) is 24.0 Å². The summed E-state index contributed by atoms with van der Waals surface area (Å²) in [6.45, 7) is 3.42. The van der Waals surface area contributed by atoms with Crippen LogP contribution in [0.5, 0.6) is 0 Å². The van der Waals surface area contributed by atoms with Crippen LogP contribution in [0, 0.1) is 6.92 Å². The Labute approximate surface area is 144 Å². The Balaban J connectivity index is 1.71. The quantitative estimate of drug-likeness (QED) is 0.868. The largest absolute Gasteiger partial charge is 0.328 e. The Bertz CT molecular complexity index is 849. The summed E-state index contributed by atoms with van der Waals surface area (Å²) in [6, 6.07) is 1.22. The summed E-state index contributed by atoms with van der Waals surface area (Å²) in [7, 11) is 0. The lowest BCUT2D eigenvalue weighted by molar-refractivity contribution is -0.120. The third-order valence-corrected chi connectivity index (χ3v) is 4.95. The summed E-state index contributed by atoms with van der Waals surface area (Å²) in [5.41, 5.74) is 2.35. The van der Waals surface area contributed by atoms with Gasteiger partial charge < -0.3 is 9.88 Å². The van der Waals surface area contributed by atoms with Gasteiger partial charge in [0.2, 0.25) is 5.91 Å². The van der Waals surface area contributed by atoms with Crippen molar-refractivity contribution < 1.29 is 14.0 Å². The topological polar surface area (TPSA) is 79.3 Å². The van der Waals surface area contributed by atoms with Gasteiger partial charge in [0, 0.05) is 31.1 Å². The molecule has 4 rings (SSSR count). The molecule has 25 heavy (non-hydrogen) atoms. The normalized spacial score (nSPS) is 24.6. The van der Waals surface area contributed by atoms with E-state index in [-0.39, 0.29) is 18.4 Å². The first kappa shape index (κ1) is 16.0. The number of fused-ring (bicyclic) bond motifs is 1. The van der Waals surface area contributed by atoms with Crippen LogP contribution in [0.4, 0.5) is 14.9 Å². The van der Waals surface area contributed by atoms with E-state index < -0.39 is 12.2 Å². The van der Waals surface area contributed by atoms with Crippen molar-refractivity contribution >= 4 is 28.7 Å². The summed E-state index contributed by atoms with van der Waals surface area (Å²) < 4.78 is 16.2. The van der Waals surface area contributed by atoms with E-state index in [9.17, 15) is 14.0 Å². The third-order valence-electron chi connectivity index (χ3n) is 4.95. The number of halogens is 1. The number of alkyl halides is 1. The standard InChI is InChI=1S/C17H20FN5O2/c1-10-9-23(14-2-4-19-8-13(14)18)16-12(10)6-11(7-20-16)22-5-3-15(24)21-17(22)25/h6-7,9,13-14,19H,2-5,8H2,1H3,(H,21,24,25)/t13-,14-/m0/s1. The van der Waals surface area contributed by atoms with Crippen LogP contribution < -0.4 is 15.5 Å². The molecule has 0 aliphatic carbocycles. The molecule has 0 aromatic carbocycles. The van der Waals surface area contributed by atoms with Gasteiger partial charge in [-0.1, -0.05) is 0 Å². The minimum Gasteiger partial charge on any atom is -0.326 e. The van der Waals surface area contributed by atoms with Crippen molar-refractivity contribution in [2.75, 3.05) is 24.5 Å². The van der Waals surface area contributed by atoms with Gasteiger partial charge in [-0.15, -0.1) is 0 Å². The molecule has 2 atom stereocenters. The zero-order valence-electron chi connectivity index (χ0n) is 14.0. The first-order valence-corrected chi connectivity index (χ1v) is 8.48. The van der Waals surface area contributed by atoms with E-state index in [4.69, 9.17) is 0 Å². The van der Waals surface area contributed by atoms with Crippen molar-refractivity contribution in [1.82, 2.24) is 20.2 Å². The summed E-state index contributed by atoms with van der Waals surface area (Å²) in [6.07, 6.45) is 3.57. The van der Waals surface area contributed by atoms with Crippen LogP contribution >= 0.6 is 0 Å². The van der Waals surface area contributed by atoms with Crippen LogP contribution in [0.15, 0.2) is 18.5 Å². The molecule has 3 amide bonds. The molecule has 0 spiro atoms. The summed E-state index contributed by atoms with van der Waals surface area (Å²) >= 11 is 0. The smallest absolute Gasteiger partial charge is 0.326 e. The molecule has 4 heterocycles. The third kappa shape index (κ3) is 2.76. The predicted octanol–water partition coefficient (Wildman–Crippen LogP) is 1.66. The number of carbonyl (C=O) groups is 2. The molecule has 2 aliphatic heterocycles. The molecule has 2 saturated heterocycles. The van der Waals surface area contributed by atoms with E-state index >= 15 is 0 Å². The highest BCUT2D eigenvalue weighted by Crippen LogP contribution is 2.31. The molecule has 2 aliphatic rings. The van der Waals surface area contributed by atoms with Gasteiger partial charge >= 0.3 is 6.03 Å². The number of aryl methyl sites for hydroxylation is 1. The number of nitrogens with zero attached hydrogens (tertiary/aromatic N) is 3. The van der Waals surface area contributed by atoms with E-state index in [1.165, 1.54) is 4.90 Å². The number of urea groups is 1. The molecule has 0 unspecified atom stereocenters. The van der Waals surface area contributed by atoms with Gasteiger partial charge in [-0.2, -0.15) is 0 Å². The van der Waals surface area contributed by atoms with Crippen LogP contribution in [0.3, 0.4) is 0 Å². The van der Waals surface area contributed by atoms with Gasteiger partial charge in [0.05, 0.1) is 17.9 Å². The molecule has 132 valence electrons. The van der Waals surface area contributed by atoms with Crippen molar-refractivity contribution in [3.63, 3.8) is 0 Å². The Morgan fingerprint density at radius 1 is 1.36 bits per heavy atom. The Hall–Kier alpha value is -2.48. The SMILES string of the molecule is Cc1cn([C@H]2CCNC[C@@H]2F)c2ncc(N3CCC(=O)NC3=O)cc12. The second-order valence-corrected chi connectivity index (χ2v) is 6.62. The number of carbonyl (C=O) groups excluding carboxylic acids is 2. The fourth-order valence-corrected chi connectivity index (χ4v) is 3.61. The fourth-order valence-electron chi connectivity index (χ4n) is 3.61. The highest BCUT2D eigenvalue weighted by atomic mass is 19.1. The molecule has 0 radical (unpaired) electrons. The Morgan fingerprint density at radius 3 is 2.96 bits per heavy atom. The molecule has 8 heteroatoms. The highest BCUT2D eigenvalue weighted by Gasteiger charge is 2.29. The average molecular weight is 345 g/mol. The van der Waals surface area contributed by atoms with E-state index in [1.807, 2.05) is 23.8 Å². The predicted molar refractivity (Wildman–Crippen MR) is 91.4 cm³/mol. The molecule has 0 bridgehead atoms. The van der Waals surface area contributed by atoms with E-state index in [0.717, 1.165) is 23.1 Å². The van der Waals surface area contributed by atoms with Gasteiger partial charge in [0.25, 0.3) is 0 Å². The number of rotatable bonds is 2. The van der Waals surface area contributed by atoms with Gasteiger partial charge in [-0.05, 0) is 31.5 Å². The van der Waals surface area contributed by atoms with Gasteiger partial charge in [-0.3, -0.25) is 15.0 Å². The van der Waals surface area contributed by atoms with E-state index in [0.29, 0.717) is 25.2 Å². The Kier molecular flexibility index (Phi) is 3.91. The maximum Gasteiger partial charge on any atom is 0.328 e. The van der Waals surface area contributed by atoms with Gasteiger partial charge in [0.1, 0.15) is 11.8 Å². The first-order chi connectivity index (χ1) is 12.0. The second-order valence-electron chi connectivity index (χ2n) is 6.62. The molecule has 7 nitrogen and oxygen atoms in total. The number of hydrogen-bond acceptors (Lipinski definition) is 4. The number of imide groups is 1. The van der Waals surface area contributed by atoms with Crippen LogP contribution in [0.2, 0.25) is 0 Å². The van der Waals surface area contributed by atoms with Crippen LogP contribution in [0.25, 0.3) is 11.0 Å². The molecule has 2 aromatic rings. The molecular weight excluding hydrogens is 325 g/mol. The lowest BCUT2D eigenvalue weighted by atomic mass is 10.0. The lowest BCUT2D eigenvalue weighted by Crippen LogP contribution is -2.49. The number of amides is 3. The Morgan fingerprint density at radius 2 is 2.20 bits per heavy atom. The fraction of sp³-hybridized carbons (Fsp3) is 0.471. The number of aromatic nitrogens is 2. The minimum absolute atomic E-state index is 0.230. The molecule has 0 saturated carbocycles. The maximum absolute atomic E-state index is 14.3. The lowest BCUT2D eigenvalue weighted by Gasteiger charge is -2.28. The van der Waals surface area contributed by atoms with Crippen molar-refractivity contribution in [1.29, 1.82) is 0 Å². The van der Waals surface area contributed by atoms with Crippen LogP contribution in [-0.4, -0.2) is 47.3 Å². The summed E-state index contributed by atoms with van der Waals surface area (Å²) in [5.74, 6) is -0.266. The number of pyridine rings is 1. The van der Waals surface area contributed by atoms with Crippen LogP contribution in [0.1, 0.15) is 24.4 Å². The maximum atomic E-state index is 14.3. The first-order valence-electron chi connectivity index (χ1n) is 8.48. The molecule has 2 fully saturated rings. The van der Waals surface area contributed by atoms with Crippen LogP contribution in [-0.2, 0) is 4.79 Å².